The molecule has 0 saturated carbocycles. The molecule has 1 rings (SSSR count). The van der Waals surface area contributed by atoms with E-state index in [2.05, 4.69) is 4.72 Å². The number of amides is 1. The molecule has 0 aromatic heterocycles. The van der Waals surface area contributed by atoms with Gasteiger partial charge in [-0.3, -0.25) is 4.79 Å². The van der Waals surface area contributed by atoms with Crippen LogP contribution in [0.5, 0.6) is 0 Å². The van der Waals surface area contributed by atoms with Gasteiger partial charge < -0.3 is 5.73 Å². The number of primary amides is 1. The fraction of sp³-hybridized carbons (Fsp3) is 0.385. The summed E-state index contributed by atoms with van der Waals surface area (Å²) in [6.07, 6.45) is 0.615. The first-order valence-corrected chi connectivity index (χ1v) is 7.62. The largest absolute Gasteiger partial charge is 0.368 e. The molecule has 0 saturated heterocycles. The van der Waals surface area contributed by atoms with Crippen LogP contribution in [0.2, 0.25) is 0 Å². The third-order valence-electron chi connectivity index (χ3n) is 3.10. The second kappa shape index (κ2) is 6.50. The molecule has 0 aliphatic rings. The van der Waals surface area contributed by atoms with Gasteiger partial charge in [-0.2, -0.15) is 9.98 Å². The summed E-state index contributed by atoms with van der Waals surface area (Å²) in [4.78, 5) is 11.4. The molecule has 0 bridgehead atoms. The Morgan fingerprint density at radius 1 is 1.40 bits per heavy atom. The number of hydrogen-bond donors (Lipinski definition) is 2. The van der Waals surface area contributed by atoms with E-state index in [1.807, 2.05) is 13.0 Å². The lowest BCUT2D eigenvalue weighted by molar-refractivity contribution is -0.120. The number of carbonyl (C=O) groups excluding carboxylic acids is 1. The fourth-order valence-electron chi connectivity index (χ4n) is 1.63. The van der Waals surface area contributed by atoms with E-state index in [-0.39, 0.29) is 10.8 Å². The van der Waals surface area contributed by atoms with Gasteiger partial charge in [-0.1, -0.05) is 20.3 Å². The number of nitrogens with two attached hydrogens (primary N) is 1. The van der Waals surface area contributed by atoms with Crippen molar-refractivity contribution >= 4 is 15.9 Å². The molecule has 0 heterocycles. The summed E-state index contributed by atoms with van der Waals surface area (Å²) in [5, 5.41) is 8.68. The summed E-state index contributed by atoms with van der Waals surface area (Å²) in [7, 11) is -3.84. The molecule has 1 amide bonds. The van der Waals surface area contributed by atoms with Crippen molar-refractivity contribution in [1.29, 1.82) is 5.26 Å². The topological polar surface area (TPSA) is 113 Å². The minimum atomic E-state index is -3.84. The smallest absolute Gasteiger partial charge is 0.241 e. The summed E-state index contributed by atoms with van der Waals surface area (Å²) < 4.78 is 26.6. The van der Waals surface area contributed by atoms with Crippen molar-refractivity contribution in [3.8, 4) is 6.07 Å². The minimum Gasteiger partial charge on any atom is -0.368 e. The molecule has 0 aliphatic heterocycles. The van der Waals surface area contributed by atoms with E-state index in [0.717, 1.165) is 0 Å². The van der Waals surface area contributed by atoms with E-state index in [1.54, 1.807) is 6.92 Å². The standard InChI is InChI=1S/C13H17N3O3S/c1-3-9(2)12(13(15)17)16-20(18,19)11-6-4-10(8-14)5-7-11/h4-7,9,12,16H,3H2,1-2H3,(H2,15,17). The van der Waals surface area contributed by atoms with Crippen LogP contribution in [0.15, 0.2) is 29.2 Å². The minimum absolute atomic E-state index is 0.00828. The van der Waals surface area contributed by atoms with E-state index in [1.165, 1.54) is 24.3 Å². The highest BCUT2D eigenvalue weighted by atomic mass is 32.2. The maximum absolute atomic E-state index is 12.2. The molecule has 6 nitrogen and oxygen atoms in total. The first kappa shape index (κ1) is 16.1. The number of sulfonamides is 1. The molecular formula is C13H17N3O3S. The maximum Gasteiger partial charge on any atom is 0.241 e. The molecule has 2 atom stereocenters. The number of nitrogens with zero attached hydrogens (tertiary/aromatic N) is 1. The highest BCUT2D eigenvalue weighted by molar-refractivity contribution is 7.89. The van der Waals surface area contributed by atoms with Crippen LogP contribution in [-0.2, 0) is 14.8 Å². The molecule has 7 heteroatoms. The fourth-order valence-corrected chi connectivity index (χ4v) is 2.95. The zero-order valence-electron chi connectivity index (χ0n) is 11.3. The van der Waals surface area contributed by atoms with Gasteiger partial charge in [0, 0.05) is 0 Å². The summed E-state index contributed by atoms with van der Waals surface area (Å²) in [5.74, 6) is -0.919. The van der Waals surface area contributed by atoms with Gasteiger partial charge in [-0.05, 0) is 30.2 Å². The first-order chi connectivity index (χ1) is 9.31. The second-order valence-corrected chi connectivity index (χ2v) is 6.24. The van der Waals surface area contributed by atoms with Crippen molar-refractivity contribution in [3.63, 3.8) is 0 Å². The quantitative estimate of drug-likeness (QED) is 0.805. The summed E-state index contributed by atoms with van der Waals surface area (Å²) in [5.41, 5.74) is 5.59. The monoisotopic (exact) mass is 295 g/mol. The third-order valence-corrected chi connectivity index (χ3v) is 4.55. The molecule has 2 unspecified atom stereocenters. The van der Waals surface area contributed by atoms with Gasteiger partial charge >= 0.3 is 0 Å². The van der Waals surface area contributed by atoms with Crippen LogP contribution in [-0.4, -0.2) is 20.4 Å². The highest BCUT2D eigenvalue weighted by Gasteiger charge is 2.27. The summed E-state index contributed by atoms with van der Waals surface area (Å²) in [6, 6.07) is 6.37. The van der Waals surface area contributed by atoms with Gasteiger partial charge in [0.25, 0.3) is 0 Å². The summed E-state index contributed by atoms with van der Waals surface area (Å²) >= 11 is 0. The van der Waals surface area contributed by atoms with Crippen LogP contribution in [0.4, 0.5) is 0 Å². The van der Waals surface area contributed by atoms with Crippen molar-refractivity contribution in [3.05, 3.63) is 29.8 Å². The Labute approximate surface area is 118 Å². The lowest BCUT2D eigenvalue weighted by atomic mass is 10.00. The van der Waals surface area contributed by atoms with E-state index in [9.17, 15) is 13.2 Å². The first-order valence-electron chi connectivity index (χ1n) is 6.13. The molecule has 0 spiro atoms. The number of carbonyl (C=O) groups is 1. The van der Waals surface area contributed by atoms with Crippen LogP contribution >= 0.6 is 0 Å². The average molecular weight is 295 g/mol. The maximum atomic E-state index is 12.2. The van der Waals surface area contributed by atoms with Crippen molar-refractivity contribution in [2.75, 3.05) is 0 Å². The van der Waals surface area contributed by atoms with E-state index in [4.69, 9.17) is 11.0 Å². The van der Waals surface area contributed by atoms with Crippen LogP contribution in [0.1, 0.15) is 25.8 Å². The zero-order chi connectivity index (χ0) is 15.3. The Kier molecular flexibility index (Phi) is 5.25. The molecule has 0 radical (unpaired) electrons. The predicted molar refractivity (Wildman–Crippen MR) is 73.9 cm³/mol. The number of benzene rings is 1. The Balaban J connectivity index is 3.03. The number of rotatable bonds is 6. The molecule has 0 fully saturated rings. The normalized spacial score (nSPS) is 14.2. The third kappa shape index (κ3) is 3.79. The van der Waals surface area contributed by atoms with Crippen molar-refractivity contribution < 1.29 is 13.2 Å². The van der Waals surface area contributed by atoms with Crippen molar-refractivity contribution in [1.82, 2.24) is 4.72 Å². The molecule has 108 valence electrons. The Bertz CT molecular complexity index is 617. The van der Waals surface area contributed by atoms with Crippen LogP contribution in [0.25, 0.3) is 0 Å². The van der Waals surface area contributed by atoms with E-state index < -0.39 is 22.0 Å². The molecule has 0 aliphatic carbocycles. The van der Waals surface area contributed by atoms with Crippen molar-refractivity contribution in [2.24, 2.45) is 11.7 Å². The van der Waals surface area contributed by atoms with Gasteiger partial charge in [0.1, 0.15) is 6.04 Å². The highest BCUT2D eigenvalue weighted by Crippen LogP contribution is 2.14. The molecule has 20 heavy (non-hydrogen) atoms. The Morgan fingerprint density at radius 2 is 1.95 bits per heavy atom. The van der Waals surface area contributed by atoms with Crippen LogP contribution in [0, 0.1) is 17.2 Å². The number of hydrogen-bond acceptors (Lipinski definition) is 4. The lowest BCUT2D eigenvalue weighted by Gasteiger charge is -2.21. The van der Waals surface area contributed by atoms with Gasteiger partial charge in [0.05, 0.1) is 16.5 Å². The SMILES string of the molecule is CCC(C)C(NS(=O)(=O)c1ccc(C#N)cc1)C(N)=O. The average Bonchev–Trinajstić information content (AvgIpc) is 2.43. The van der Waals surface area contributed by atoms with Gasteiger partial charge in [0.15, 0.2) is 0 Å². The van der Waals surface area contributed by atoms with E-state index in [0.29, 0.717) is 12.0 Å². The van der Waals surface area contributed by atoms with Gasteiger partial charge in [-0.25, -0.2) is 8.42 Å². The predicted octanol–water partition coefficient (Wildman–Crippen LogP) is 0.737. The van der Waals surface area contributed by atoms with E-state index >= 15 is 0 Å². The van der Waals surface area contributed by atoms with Gasteiger partial charge in [0.2, 0.25) is 15.9 Å². The Morgan fingerprint density at radius 3 is 2.35 bits per heavy atom. The second-order valence-electron chi connectivity index (χ2n) is 4.52. The molecule has 3 N–H and O–H groups in total. The molecule has 1 aromatic rings. The van der Waals surface area contributed by atoms with Crippen LogP contribution < -0.4 is 10.5 Å². The van der Waals surface area contributed by atoms with Crippen molar-refractivity contribution in [2.45, 2.75) is 31.2 Å². The lowest BCUT2D eigenvalue weighted by Crippen LogP contribution is -2.48. The Hall–Kier alpha value is -1.91. The molecule has 1 aromatic carbocycles. The molecular weight excluding hydrogens is 278 g/mol. The van der Waals surface area contributed by atoms with Crippen LogP contribution in [0.3, 0.4) is 0 Å². The zero-order valence-corrected chi connectivity index (χ0v) is 12.1. The van der Waals surface area contributed by atoms with Gasteiger partial charge in [-0.15, -0.1) is 0 Å². The summed E-state index contributed by atoms with van der Waals surface area (Å²) in [6.45, 7) is 3.59. The number of nitriles is 1. The number of nitrogens with one attached hydrogen (secondary N) is 1.